The summed E-state index contributed by atoms with van der Waals surface area (Å²) < 4.78 is 38.1. The van der Waals surface area contributed by atoms with E-state index in [1.54, 1.807) is 13.2 Å². The van der Waals surface area contributed by atoms with Gasteiger partial charge in [0, 0.05) is 43.9 Å². The lowest BCUT2D eigenvalue weighted by molar-refractivity contribution is 0.439. The largest absolute Gasteiger partial charge is 0.422 e. The number of aromatic amines is 1. The molecule has 1 aromatic carbocycles. The number of halogens is 2. The molecule has 3 fully saturated rings. The van der Waals surface area contributed by atoms with Gasteiger partial charge in [0.25, 0.3) is 0 Å². The van der Waals surface area contributed by atoms with Gasteiger partial charge in [0.2, 0.25) is 0 Å². The fraction of sp³-hybridized carbons (Fsp3) is 0.385. The highest BCUT2D eigenvalue weighted by Gasteiger charge is 2.44. The molecule has 1 aliphatic heterocycles. The lowest BCUT2D eigenvalue weighted by Crippen LogP contribution is -2.41. The number of benzene rings is 1. The predicted molar refractivity (Wildman–Crippen MR) is 139 cm³/mol. The van der Waals surface area contributed by atoms with Crippen molar-refractivity contribution in [3.05, 3.63) is 36.3 Å². The molecule has 1 saturated heterocycles. The molecule has 8 rings (SSSR count). The average molecular weight is 518 g/mol. The van der Waals surface area contributed by atoms with Gasteiger partial charge in [0.15, 0.2) is 23.0 Å². The number of aromatic nitrogens is 6. The number of rotatable bonds is 5. The van der Waals surface area contributed by atoms with Crippen molar-refractivity contribution < 1.29 is 13.5 Å². The zero-order valence-corrected chi connectivity index (χ0v) is 20.6. The fourth-order valence-electron chi connectivity index (χ4n) is 6.24. The molecular weight excluding hydrogens is 492 g/mol. The first-order chi connectivity index (χ1) is 18.5. The maximum Gasteiger partial charge on any atom is 0.326 e. The highest BCUT2D eigenvalue weighted by molar-refractivity contribution is 6.15. The molecular formula is C26H25F2N9O. The Morgan fingerprint density at radius 2 is 1.97 bits per heavy atom. The quantitative estimate of drug-likeness (QED) is 0.317. The Bertz CT molecular complexity index is 1760. The summed E-state index contributed by atoms with van der Waals surface area (Å²) >= 11 is 0. The minimum Gasteiger partial charge on any atom is -0.422 e. The number of imidazole rings is 1. The van der Waals surface area contributed by atoms with Crippen molar-refractivity contribution in [2.75, 3.05) is 23.8 Å². The van der Waals surface area contributed by atoms with Crippen molar-refractivity contribution >= 4 is 44.6 Å². The second kappa shape index (κ2) is 7.73. The van der Waals surface area contributed by atoms with Gasteiger partial charge in [-0.05, 0) is 31.6 Å². The summed E-state index contributed by atoms with van der Waals surface area (Å²) in [7, 11) is 1.66. The maximum atomic E-state index is 15.3. The lowest BCUT2D eigenvalue weighted by atomic mass is 10.0. The van der Waals surface area contributed by atoms with Gasteiger partial charge < -0.3 is 30.2 Å². The SMILES string of the molecule is CNc1cc(F)c(F)c2c1[nH]c1nc(Oc3cnc4c(c3)ncn4C3CC3)nc(N3C[C@H]4C[C@@H]3C[C@H]4N)c12. The van der Waals surface area contributed by atoms with E-state index in [-0.39, 0.29) is 23.5 Å². The van der Waals surface area contributed by atoms with Gasteiger partial charge in [0.05, 0.1) is 34.5 Å². The van der Waals surface area contributed by atoms with E-state index < -0.39 is 11.6 Å². The van der Waals surface area contributed by atoms with Crippen LogP contribution in [0.5, 0.6) is 11.8 Å². The second-order valence-electron chi connectivity index (χ2n) is 10.6. The predicted octanol–water partition coefficient (Wildman–Crippen LogP) is 4.23. The van der Waals surface area contributed by atoms with Crippen molar-refractivity contribution in [3.8, 4) is 11.8 Å². The van der Waals surface area contributed by atoms with Gasteiger partial charge in [-0.25, -0.2) is 18.7 Å². The molecule has 0 radical (unpaired) electrons. The van der Waals surface area contributed by atoms with Crippen LogP contribution in [0.15, 0.2) is 24.7 Å². The summed E-state index contributed by atoms with van der Waals surface area (Å²) in [6.45, 7) is 0.687. The maximum absolute atomic E-state index is 15.3. The number of pyridine rings is 1. The van der Waals surface area contributed by atoms with E-state index in [0.29, 0.717) is 52.3 Å². The molecule has 12 heteroatoms. The molecule has 194 valence electrons. The minimum atomic E-state index is -0.941. The Kier molecular flexibility index (Phi) is 4.47. The average Bonchev–Trinajstić information content (AvgIpc) is 3.23. The van der Waals surface area contributed by atoms with Crippen molar-refractivity contribution in [1.29, 1.82) is 0 Å². The summed E-state index contributed by atoms with van der Waals surface area (Å²) in [6, 6.07) is 3.79. The highest BCUT2D eigenvalue weighted by Crippen LogP contribution is 2.45. The molecule has 2 saturated carbocycles. The van der Waals surface area contributed by atoms with Crippen molar-refractivity contribution in [2.24, 2.45) is 11.7 Å². The van der Waals surface area contributed by atoms with E-state index in [1.165, 1.54) is 0 Å². The minimum absolute atomic E-state index is 0.0841. The third-order valence-electron chi connectivity index (χ3n) is 8.26. The van der Waals surface area contributed by atoms with Gasteiger partial charge in [-0.1, -0.05) is 0 Å². The number of nitrogens with one attached hydrogen (secondary N) is 2. The Morgan fingerprint density at radius 3 is 2.71 bits per heavy atom. The Morgan fingerprint density at radius 1 is 1.11 bits per heavy atom. The van der Waals surface area contributed by atoms with Gasteiger partial charge in [-0.2, -0.15) is 9.97 Å². The first kappa shape index (κ1) is 22.0. The summed E-state index contributed by atoms with van der Waals surface area (Å²) in [5.74, 6) is -0.607. The Balaban J connectivity index is 1.28. The summed E-state index contributed by atoms with van der Waals surface area (Å²) in [4.78, 5) is 23.7. The molecule has 3 atom stereocenters. The van der Waals surface area contributed by atoms with Crippen LogP contribution in [0.25, 0.3) is 33.1 Å². The fourth-order valence-corrected chi connectivity index (χ4v) is 6.24. The molecule has 38 heavy (non-hydrogen) atoms. The molecule has 3 aliphatic rings. The first-order valence-electron chi connectivity index (χ1n) is 12.9. The Labute approximate surface area is 215 Å². The smallest absolute Gasteiger partial charge is 0.326 e. The van der Waals surface area contributed by atoms with Crippen LogP contribution in [-0.4, -0.2) is 55.2 Å². The highest BCUT2D eigenvalue weighted by atomic mass is 19.2. The van der Waals surface area contributed by atoms with Gasteiger partial charge in [-0.15, -0.1) is 0 Å². The van der Waals surface area contributed by atoms with Crippen LogP contribution in [0.4, 0.5) is 20.3 Å². The van der Waals surface area contributed by atoms with Crippen molar-refractivity contribution in [2.45, 2.75) is 43.8 Å². The number of fused-ring (bicyclic) bond motifs is 6. The van der Waals surface area contributed by atoms with Crippen LogP contribution < -0.4 is 20.7 Å². The number of ether oxygens (including phenoxy) is 1. The van der Waals surface area contributed by atoms with Crippen LogP contribution in [-0.2, 0) is 0 Å². The third-order valence-corrected chi connectivity index (χ3v) is 8.26. The first-order valence-corrected chi connectivity index (χ1v) is 12.9. The summed E-state index contributed by atoms with van der Waals surface area (Å²) in [6.07, 6.45) is 7.47. The number of hydrogen-bond acceptors (Lipinski definition) is 8. The summed E-state index contributed by atoms with van der Waals surface area (Å²) in [5, 5.41) is 3.49. The molecule has 5 aromatic rings. The van der Waals surface area contributed by atoms with Crippen LogP contribution in [0.3, 0.4) is 0 Å². The summed E-state index contributed by atoms with van der Waals surface area (Å²) in [5.41, 5.74) is 9.05. The Hall–Kier alpha value is -4.06. The third kappa shape index (κ3) is 3.12. The van der Waals surface area contributed by atoms with E-state index in [1.807, 2.05) is 12.4 Å². The van der Waals surface area contributed by atoms with Crippen LogP contribution in [0.1, 0.15) is 31.7 Å². The number of H-pyrrole nitrogens is 1. The molecule has 0 amide bonds. The molecule has 10 nitrogen and oxygen atoms in total. The molecule has 0 unspecified atom stereocenters. The number of piperidine rings is 1. The number of nitrogens with zero attached hydrogens (tertiary/aromatic N) is 6. The zero-order chi connectivity index (χ0) is 25.7. The molecule has 5 heterocycles. The molecule has 0 spiro atoms. The lowest BCUT2D eigenvalue weighted by Gasteiger charge is -2.31. The van der Waals surface area contributed by atoms with Gasteiger partial charge in [0.1, 0.15) is 17.0 Å². The number of anilines is 2. The van der Waals surface area contributed by atoms with E-state index in [4.69, 9.17) is 15.5 Å². The van der Waals surface area contributed by atoms with Crippen LogP contribution in [0.2, 0.25) is 0 Å². The zero-order valence-electron chi connectivity index (χ0n) is 20.6. The molecule has 4 N–H and O–H groups in total. The molecule has 2 aliphatic carbocycles. The number of nitrogens with two attached hydrogens (primary N) is 1. The molecule has 4 aromatic heterocycles. The van der Waals surface area contributed by atoms with Crippen LogP contribution >= 0.6 is 0 Å². The molecule has 2 bridgehead atoms. The van der Waals surface area contributed by atoms with Crippen LogP contribution in [0, 0.1) is 17.6 Å². The van der Waals surface area contributed by atoms with E-state index in [0.717, 1.165) is 42.9 Å². The van der Waals surface area contributed by atoms with Crippen molar-refractivity contribution in [3.63, 3.8) is 0 Å². The van der Waals surface area contributed by atoms with Gasteiger partial charge >= 0.3 is 6.01 Å². The van der Waals surface area contributed by atoms with Gasteiger partial charge in [-0.3, -0.25) is 0 Å². The normalized spacial score (nSPS) is 22.8. The second-order valence-corrected chi connectivity index (χ2v) is 10.6. The van der Waals surface area contributed by atoms with E-state index >= 15 is 4.39 Å². The van der Waals surface area contributed by atoms with E-state index in [2.05, 4.69) is 34.7 Å². The van der Waals surface area contributed by atoms with E-state index in [9.17, 15) is 4.39 Å². The topological polar surface area (TPSA) is 123 Å². The van der Waals surface area contributed by atoms with Crippen molar-refractivity contribution in [1.82, 2.24) is 29.5 Å². The number of hydrogen-bond donors (Lipinski definition) is 3. The monoisotopic (exact) mass is 517 g/mol. The standard InChI is InChI=1S/C26H25F2N9O/c1-30-17-7-15(27)21(28)19-20-23(33-22(17)19)34-26(35-25(20)36-9-11-4-13(36)5-16(11)29)38-14-6-18-24(31-8-14)37(10-32-18)12-2-3-12/h6-8,10-13,16,30H,2-5,9,29H2,1H3,(H,33,34,35)/t11-,13-,16-/m1/s1.